The Balaban J connectivity index is 0.00000529. The molecule has 0 aliphatic carbocycles. The number of hydrogen-bond donors (Lipinski definition) is 1. The molecule has 24 heavy (non-hydrogen) atoms. The first kappa shape index (κ1) is 22.4. The number of benzene rings is 1. The third-order valence-electron chi connectivity index (χ3n) is 3.08. The van der Waals surface area contributed by atoms with Crippen molar-refractivity contribution in [2.45, 2.75) is 13.5 Å². The van der Waals surface area contributed by atoms with Gasteiger partial charge >= 0.3 is 0 Å². The van der Waals surface area contributed by atoms with E-state index in [-0.39, 0.29) is 42.2 Å². The molecule has 1 rings (SSSR count). The largest absolute Gasteiger partial charge is 0.353 e. The molecule has 0 atom stereocenters. The summed E-state index contributed by atoms with van der Waals surface area (Å²) in [6.45, 7) is 6.84. The molecule has 0 unspecified atom stereocenters. The summed E-state index contributed by atoms with van der Waals surface area (Å²) in [5.41, 5.74) is 1.78. The second-order valence-corrected chi connectivity index (χ2v) is 5.72. The zero-order valence-corrected chi connectivity index (χ0v) is 17.0. The van der Waals surface area contributed by atoms with Crippen molar-refractivity contribution in [1.29, 1.82) is 0 Å². The average molecular weight is 448 g/mol. The first-order valence-corrected chi connectivity index (χ1v) is 7.38. The van der Waals surface area contributed by atoms with Crippen LogP contribution in [0.2, 0.25) is 0 Å². The SMILES string of the molecule is C=C(C)CNC(=NCC(=O)N(C)C)N(C)Cc1cccc(F)c1.I. The van der Waals surface area contributed by atoms with Crippen LogP contribution in [0, 0.1) is 5.82 Å². The summed E-state index contributed by atoms with van der Waals surface area (Å²) in [6.07, 6.45) is 0. The lowest BCUT2D eigenvalue weighted by Gasteiger charge is -2.23. The van der Waals surface area contributed by atoms with Crippen LogP contribution in [0.25, 0.3) is 0 Å². The molecule has 1 amide bonds. The summed E-state index contributed by atoms with van der Waals surface area (Å²) >= 11 is 0. The Labute approximate surface area is 160 Å². The number of halogens is 2. The van der Waals surface area contributed by atoms with Crippen LogP contribution in [0.3, 0.4) is 0 Å². The highest BCUT2D eigenvalue weighted by molar-refractivity contribution is 14.0. The highest BCUT2D eigenvalue weighted by Crippen LogP contribution is 2.06. The summed E-state index contributed by atoms with van der Waals surface area (Å²) in [5, 5.41) is 3.16. The van der Waals surface area contributed by atoms with Gasteiger partial charge in [0.2, 0.25) is 5.91 Å². The van der Waals surface area contributed by atoms with Gasteiger partial charge in [0.1, 0.15) is 12.4 Å². The zero-order valence-electron chi connectivity index (χ0n) is 14.7. The van der Waals surface area contributed by atoms with Crippen molar-refractivity contribution in [2.75, 3.05) is 34.2 Å². The van der Waals surface area contributed by atoms with E-state index >= 15 is 0 Å². The van der Waals surface area contributed by atoms with Gasteiger partial charge in [-0.2, -0.15) is 0 Å². The predicted octanol–water partition coefficient (Wildman–Crippen LogP) is 2.49. The third-order valence-corrected chi connectivity index (χ3v) is 3.08. The quantitative estimate of drug-likeness (QED) is 0.315. The molecule has 0 bridgehead atoms. The lowest BCUT2D eigenvalue weighted by molar-refractivity contribution is -0.127. The van der Waals surface area contributed by atoms with Gasteiger partial charge in [-0.1, -0.05) is 24.3 Å². The molecule has 0 radical (unpaired) electrons. The molecular weight excluding hydrogens is 422 g/mol. The van der Waals surface area contributed by atoms with E-state index in [1.54, 1.807) is 20.2 Å². The molecule has 0 saturated carbocycles. The normalized spacial score (nSPS) is 10.6. The smallest absolute Gasteiger partial charge is 0.243 e. The van der Waals surface area contributed by atoms with Gasteiger partial charge in [0.25, 0.3) is 0 Å². The number of amides is 1. The van der Waals surface area contributed by atoms with Crippen molar-refractivity contribution in [1.82, 2.24) is 15.1 Å². The number of carbonyl (C=O) groups is 1. The fourth-order valence-corrected chi connectivity index (χ4v) is 1.81. The van der Waals surface area contributed by atoms with E-state index in [0.717, 1.165) is 11.1 Å². The number of nitrogens with zero attached hydrogens (tertiary/aromatic N) is 3. The number of aliphatic imine (C=N–C) groups is 1. The molecule has 134 valence electrons. The van der Waals surface area contributed by atoms with Crippen molar-refractivity contribution < 1.29 is 9.18 Å². The number of hydrogen-bond acceptors (Lipinski definition) is 2. The van der Waals surface area contributed by atoms with E-state index in [1.165, 1.54) is 17.0 Å². The maximum Gasteiger partial charge on any atom is 0.243 e. The van der Waals surface area contributed by atoms with Crippen molar-refractivity contribution in [3.63, 3.8) is 0 Å². The van der Waals surface area contributed by atoms with Gasteiger partial charge in [-0.25, -0.2) is 9.38 Å². The fraction of sp³-hybridized carbons (Fsp3) is 0.412. The zero-order chi connectivity index (χ0) is 17.4. The van der Waals surface area contributed by atoms with Gasteiger partial charge in [-0.3, -0.25) is 4.79 Å². The summed E-state index contributed by atoms with van der Waals surface area (Å²) < 4.78 is 13.3. The van der Waals surface area contributed by atoms with Crippen LogP contribution in [0.1, 0.15) is 12.5 Å². The van der Waals surface area contributed by atoms with Crippen molar-refractivity contribution in [3.05, 3.63) is 47.8 Å². The van der Waals surface area contributed by atoms with Crippen molar-refractivity contribution >= 4 is 35.8 Å². The molecule has 1 aromatic carbocycles. The van der Waals surface area contributed by atoms with Crippen molar-refractivity contribution in [2.24, 2.45) is 4.99 Å². The lowest BCUT2D eigenvalue weighted by Crippen LogP contribution is -2.40. The summed E-state index contributed by atoms with van der Waals surface area (Å²) in [7, 11) is 5.22. The topological polar surface area (TPSA) is 47.9 Å². The van der Waals surface area contributed by atoms with Crippen LogP contribution in [0.4, 0.5) is 4.39 Å². The van der Waals surface area contributed by atoms with Crippen LogP contribution >= 0.6 is 24.0 Å². The minimum atomic E-state index is -0.271. The number of guanidine groups is 1. The van der Waals surface area contributed by atoms with Crippen LogP contribution in [-0.4, -0.2) is 55.9 Å². The summed E-state index contributed by atoms with van der Waals surface area (Å²) in [6, 6.07) is 6.42. The van der Waals surface area contributed by atoms with E-state index in [4.69, 9.17) is 0 Å². The molecule has 0 fully saturated rings. The first-order chi connectivity index (χ1) is 10.8. The molecule has 5 nitrogen and oxygen atoms in total. The molecule has 0 aliphatic heterocycles. The molecule has 0 aliphatic rings. The Bertz CT molecular complexity index is 590. The Morgan fingerprint density at radius 3 is 2.54 bits per heavy atom. The Kier molecular flexibility index (Phi) is 10.3. The van der Waals surface area contributed by atoms with Crippen molar-refractivity contribution in [3.8, 4) is 0 Å². The maximum atomic E-state index is 13.3. The van der Waals surface area contributed by atoms with Gasteiger partial charge in [0.05, 0.1) is 0 Å². The molecule has 0 aromatic heterocycles. The van der Waals surface area contributed by atoms with Gasteiger partial charge < -0.3 is 15.1 Å². The Morgan fingerprint density at radius 1 is 1.33 bits per heavy atom. The van der Waals surface area contributed by atoms with E-state index in [0.29, 0.717) is 19.0 Å². The molecule has 1 N–H and O–H groups in total. The first-order valence-electron chi connectivity index (χ1n) is 7.38. The minimum Gasteiger partial charge on any atom is -0.353 e. The van der Waals surface area contributed by atoms with E-state index < -0.39 is 0 Å². The molecule has 0 spiro atoms. The van der Waals surface area contributed by atoms with Gasteiger partial charge in [-0.15, -0.1) is 24.0 Å². The van der Waals surface area contributed by atoms with Crippen LogP contribution in [-0.2, 0) is 11.3 Å². The minimum absolute atomic E-state index is 0. The lowest BCUT2D eigenvalue weighted by atomic mass is 10.2. The number of nitrogens with one attached hydrogen (secondary N) is 1. The van der Waals surface area contributed by atoms with E-state index in [9.17, 15) is 9.18 Å². The monoisotopic (exact) mass is 448 g/mol. The second-order valence-electron chi connectivity index (χ2n) is 5.72. The van der Waals surface area contributed by atoms with Crippen LogP contribution < -0.4 is 5.32 Å². The third kappa shape index (κ3) is 8.28. The number of likely N-dealkylation sites (N-methyl/N-ethyl adjacent to an activating group) is 1. The van der Waals surface area contributed by atoms with Crippen LogP contribution in [0.15, 0.2) is 41.4 Å². The summed E-state index contributed by atoms with van der Waals surface area (Å²) in [4.78, 5) is 19.4. The predicted molar refractivity (Wildman–Crippen MR) is 107 cm³/mol. The van der Waals surface area contributed by atoms with Crippen LogP contribution in [0.5, 0.6) is 0 Å². The molecule has 0 heterocycles. The molecule has 0 saturated heterocycles. The molecule has 1 aromatic rings. The Hall–Kier alpha value is -1.64. The van der Waals surface area contributed by atoms with Gasteiger partial charge in [0.15, 0.2) is 5.96 Å². The fourth-order valence-electron chi connectivity index (χ4n) is 1.81. The Morgan fingerprint density at radius 2 is 2.00 bits per heavy atom. The second kappa shape index (κ2) is 11.0. The van der Waals surface area contributed by atoms with Gasteiger partial charge in [-0.05, 0) is 24.6 Å². The van der Waals surface area contributed by atoms with E-state index in [1.807, 2.05) is 24.9 Å². The molecular formula is C17H26FIN4O. The average Bonchev–Trinajstić information content (AvgIpc) is 2.46. The highest BCUT2D eigenvalue weighted by Gasteiger charge is 2.10. The van der Waals surface area contributed by atoms with E-state index in [2.05, 4.69) is 16.9 Å². The number of rotatable bonds is 6. The maximum absolute atomic E-state index is 13.3. The molecule has 7 heteroatoms. The summed E-state index contributed by atoms with van der Waals surface area (Å²) in [5.74, 6) is 0.221. The van der Waals surface area contributed by atoms with Gasteiger partial charge in [0, 0.05) is 34.2 Å². The highest BCUT2D eigenvalue weighted by atomic mass is 127. The standard InChI is InChI=1S/C17H25FN4O.HI/c1-13(2)10-19-17(20-11-16(23)21(3)4)22(5)12-14-7-6-8-15(18)9-14;/h6-9H,1,10-12H2,2-5H3,(H,19,20);1H. The number of carbonyl (C=O) groups excluding carboxylic acids is 1.